The number of piperazine rings is 1. The fourth-order valence-corrected chi connectivity index (χ4v) is 3.53. The third-order valence-electron chi connectivity index (χ3n) is 5.39. The molecule has 0 aromatic heterocycles. The molecule has 12 heteroatoms. The number of carbonyl (C=O) groups excluding carboxylic acids is 2. The van der Waals surface area contributed by atoms with Gasteiger partial charge in [-0.15, -0.1) is 0 Å². The second-order valence-electron chi connectivity index (χ2n) is 7.43. The van der Waals surface area contributed by atoms with Gasteiger partial charge in [0.05, 0.1) is 23.2 Å². The molecular formula is C21H22F3N5O4. The summed E-state index contributed by atoms with van der Waals surface area (Å²) < 4.78 is 39.9. The first-order chi connectivity index (χ1) is 15.7. The van der Waals surface area contributed by atoms with Crippen LogP contribution in [0.15, 0.2) is 36.4 Å². The Morgan fingerprint density at radius 1 is 1.06 bits per heavy atom. The summed E-state index contributed by atoms with van der Waals surface area (Å²) in [5.74, 6) is -5.86. The Morgan fingerprint density at radius 3 is 2.39 bits per heavy atom. The van der Waals surface area contributed by atoms with E-state index in [0.29, 0.717) is 37.9 Å². The van der Waals surface area contributed by atoms with Crippen LogP contribution >= 0.6 is 0 Å². The Morgan fingerprint density at radius 2 is 1.73 bits per heavy atom. The molecule has 2 aromatic carbocycles. The minimum Gasteiger partial charge on any atom is -0.363 e. The number of carbonyl (C=O) groups is 2. The molecule has 2 N–H and O–H groups in total. The Kier molecular flexibility index (Phi) is 7.48. The summed E-state index contributed by atoms with van der Waals surface area (Å²) in [6, 6.07) is 7.41. The van der Waals surface area contributed by atoms with Crippen LogP contribution in [0.4, 0.5) is 30.2 Å². The lowest BCUT2D eigenvalue weighted by Crippen LogP contribution is -2.54. The van der Waals surface area contributed by atoms with Gasteiger partial charge in [-0.2, -0.15) is 0 Å². The van der Waals surface area contributed by atoms with Crippen molar-refractivity contribution in [3.8, 4) is 0 Å². The van der Waals surface area contributed by atoms with E-state index in [1.165, 1.54) is 6.07 Å². The van der Waals surface area contributed by atoms with Crippen LogP contribution in [-0.2, 0) is 9.59 Å². The predicted octanol–water partition coefficient (Wildman–Crippen LogP) is 2.28. The Labute approximate surface area is 187 Å². The van der Waals surface area contributed by atoms with E-state index >= 15 is 0 Å². The zero-order valence-corrected chi connectivity index (χ0v) is 17.7. The summed E-state index contributed by atoms with van der Waals surface area (Å²) in [7, 11) is 0. The fraction of sp³-hybridized carbons (Fsp3) is 0.333. The molecule has 1 heterocycles. The Hall–Kier alpha value is -3.67. The largest absolute Gasteiger partial charge is 0.363 e. The molecule has 9 nitrogen and oxygen atoms in total. The number of amides is 2. The lowest BCUT2D eigenvalue weighted by atomic mass is 10.2. The molecule has 0 saturated carbocycles. The van der Waals surface area contributed by atoms with E-state index in [1.807, 2.05) is 9.80 Å². The van der Waals surface area contributed by atoms with Crippen LogP contribution in [0.1, 0.15) is 6.92 Å². The van der Waals surface area contributed by atoms with Crippen molar-refractivity contribution in [3.63, 3.8) is 0 Å². The number of benzene rings is 2. The van der Waals surface area contributed by atoms with Crippen molar-refractivity contribution in [2.24, 2.45) is 0 Å². The third kappa shape index (κ3) is 5.58. The maximum absolute atomic E-state index is 13.7. The molecule has 1 atom stereocenters. The molecule has 3 rings (SSSR count). The highest BCUT2D eigenvalue weighted by Gasteiger charge is 2.28. The Balaban J connectivity index is 1.50. The monoisotopic (exact) mass is 465 g/mol. The van der Waals surface area contributed by atoms with E-state index in [4.69, 9.17) is 0 Å². The average Bonchev–Trinajstić information content (AvgIpc) is 2.82. The smallest absolute Gasteiger partial charge is 0.292 e. The van der Waals surface area contributed by atoms with Gasteiger partial charge in [0.15, 0.2) is 17.5 Å². The molecule has 1 unspecified atom stereocenters. The maximum Gasteiger partial charge on any atom is 0.292 e. The summed E-state index contributed by atoms with van der Waals surface area (Å²) in [5, 5.41) is 15.8. The minimum absolute atomic E-state index is 0.0141. The van der Waals surface area contributed by atoms with Gasteiger partial charge in [-0.25, -0.2) is 13.2 Å². The number of anilines is 2. The van der Waals surface area contributed by atoms with Gasteiger partial charge < -0.3 is 15.5 Å². The molecule has 0 bridgehead atoms. The molecule has 176 valence electrons. The van der Waals surface area contributed by atoms with Crippen molar-refractivity contribution in [3.05, 3.63) is 64.0 Å². The first-order valence-corrected chi connectivity index (χ1v) is 10.1. The average molecular weight is 465 g/mol. The molecule has 0 spiro atoms. The zero-order valence-electron chi connectivity index (χ0n) is 17.7. The maximum atomic E-state index is 13.7. The highest BCUT2D eigenvalue weighted by atomic mass is 19.2. The van der Waals surface area contributed by atoms with Crippen molar-refractivity contribution >= 4 is 28.9 Å². The van der Waals surface area contributed by atoms with Crippen LogP contribution in [0.2, 0.25) is 0 Å². The number of para-hydroxylation sites is 2. The number of hydrogen-bond donors (Lipinski definition) is 2. The molecule has 2 amide bonds. The zero-order chi connectivity index (χ0) is 24.1. The number of nitro benzene ring substituents is 1. The van der Waals surface area contributed by atoms with Gasteiger partial charge in [0.25, 0.3) is 5.69 Å². The molecule has 0 radical (unpaired) electrons. The van der Waals surface area contributed by atoms with E-state index < -0.39 is 52.5 Å². The number of nitrogens with zero attached hydrogens (tertiary/aromatic N) is 3. The third-order valence-corrected chi connectivity index (χ3v) is 5.39. The molecule has 1 fully saturated rings. The number of halogens is 3. The van der Waals surface area contributed by atoms with Crippen molar-refractivity contribution < 1.29 is 27.7 Å². The van der Waals surface area contributed by atoms with E-state index in [2.05, 4.69) is 10.6 Å². The van der Waals surface area contributed by atoms with Crippen molar-refractivity contribution in [2.45, 2.75) is 13.0 Å². The summed E-state index contributed by atoms with van der Waals surface area (Å²) in [6.07, 6.45) is 0. The first kappa shape index (κ1) is 24.0. The Bertz CT molecular complexity index is 1060. The van der Waals surface area contributed by atoms with Crippen LogP contribution in [0.5, 0.6) is 0 Å². The quantitative estimate of drug-likeness (QED) is 0.369. The molecular weight excluding hydrogens is 443 g/mol. The number of hydrogen-bond acceptors (Lipinski definition) is 6. The second-order valence-corrected chi connectivity index (χ2v) is 7.43. The van der Waals surface area contributed by atoms with Crippen LogP contribution in [0.3, 0.4) is 0 Å². The molecule has 1 saturated heterocycles. The summed E-state index contributed by atoms with van der Waals surface area (Å²) in [6.45, 7) is 3.04. The van der Waals surface area contributed by atoms with Gasteiger partial charge in [-0.3, -0.25) is 24.6 Å². The van der Waals surface area contributed by atoms with Gasteiger partial charge >= 0.3 is 0 Å². The molecule has 1 aliphatic heterocycles. The van der Waals surface area contributed by atoms with Gasteiger partial charge in [-0.05, 0) is 25.1 Å². The van der Waals surface area contributed by atoms with Crippen LogP contribution in [0, 0.1) is 27.6 Å². The van der Waals surface area contributed by atoms with Gasteiger partial charge in [0.1, 0.15) is 5.69 Å². The van der Waals surface area contributed by atoms with E-state index in [1.54, 1.807) is 25.1 Å². The van der Waals surface area contributed by atoms with E-state index in [9.17, 15) is 32.9 Å². The lowest BCUT2D eigenvalue weighted by Gasteiger charge is -2.38. The highest BCUT2D eigenvalue weighted by molar-refractivity contribution is 5.95. The first-order valence-electron chi connectivity index (χ1n) is 10.1. The van der Waals surface area contributed by atoms with E-state index in [0.717, 1.165) is 6.07 Å². The summed E-state index contributed by atoms with van der Waals surface area (Å²) >= 11 is 0. The van der Waals surface area contributed by atoms with Crippen LogP contribution in [-0.4, -0.2) is 60.4 Å². The van der Waals surface area contributed by atoms with E-state index in [-0.39, 0.29) is 5.69 Å². The highest BCUT2D eigenvalue weighted by Crippen LogP contribution is 2.28. The summed E-state index contributed by atoms with van der Waals surface area (Å²) in [4.78, 5) is 39.0. The molecule has 2 aromatic rings. The molecule has 33 heavy (non-hydrogen) atoms. The van der Waals surface area contributed by atoms with Gasteiger partial charge in [-0.1, -0.05) is 12.1 Å². The van der Waals surface area contributed by atoms with Crippen molar-refractivity contribution in [1.82, 2.24) is 10.2 Å². The SMILES string of the molecule is CC(C(=O)NCC(=O)Nc1ccc(F)c(F)c1F)N1CCN(c2ccccc2[N+](=O)[O-])CC1. The van der Waals surface area contributed by atoms with Gasteiger partial charge in [0, 0.05) is 32.2 Å². The topological polar surface area (TPSA) is 108 Å². The van der Waals surface area contributed by atoms with Crippen molar-refractivity contribution in [1.29, 1.82) is 0 Å². The molecule has 0 aliphatic carbocycles. The lowest BCUT2D eigenvalue weighted by molar-refractivity contribution is -0.384. The predicted molar refractivity (Wildman–Crippen MR) is 114 cm³/mol. The van der Waals surface area contributed by atoms with Crippen molar-refractivity contribution in [2.75, 3.05) is 42.9 Å². The van der Waals surface area contributed by atoms with Gasteiger partial charge in [0.2, 0.25) is 11.8 Å². The second kappa shape index (κ2) is 10.3. The normalized spacial score (nSPS) is 15.1. The molecule has 1 aliphatic rings. The fourth-order valence-electron chi connectivity index (χ4n) is 3.53. The number of nitrogens with one attached hydrogen (secondary N) is 2. The minimum atomic E-state index is -1.70. The standard InChI is InChI=1S/C21H22F3N5O4/c1-13(21(31)25-12-18(30)26-15-7-6-14(22)19(23)20(15)24)27-8-10-28(11-9-27)16-4-2-3-5-17(16)29(32)33/h2-7,13H,8-12H2,1H3,(H,25,31)(H,26,30). The van der Waals surface area contributed by atoms with Crippen LogP contribution in [0.25, 0.3) is 0 Å². The summed E-state index contributed by atoms with van der Waals surface area (Å²) in [5.41, 5.74) is -0.00654. The van der Waals surface area contributed by atoms with Crippen LogP contribution < -0.4 is 15.5 Å². The number of nitro groups is 1. The number of rotatable bonds is 7.